The lowest BCUT2D eigenvalue weighted by atomic mass is 9.79. The monoisotopic (exact) mass is 285 g/mol. The molecule has 2 N–H and O–H groups in total. The molecule has 0 aromatic carbocycles. The largest absolute Gasteiger partial charge is 0.391 e. The maximum Gasteiger partial charge on any atom is 0.229 e. The highest BCUT2D eigenvalue weighted by Gasteiger charge is 2.41. The average molecular weight is 285 g/mol. The number of aliphatic hydroxyl groups excluding tert-OH is 1. The summed E-state index contributed by atoms with van der Waals surface area (Å²) in [5.41, 5.74) is -0.487. The summed E-state index contributed by atoms with van der Waals surface area (Å²) in [5.74, 6) is 0.0219. The lowest BCUT2D eigenvalue weighted by Crippen LogP contribution is -2.53. The lowest BCUT2D eigenvalue weighted by Gasteiger charge is -2.36. The fourth-order valence-electron chi connectivity index (χ4n) is 3.25. The van der Waals surface area contributed by atoms with Crippen molar-refractivity contribution in [3.05, 3.63) is 0 Å². The van der Waals surface area contributed by atoms with Gasteiger partial charge in [-0.2, -0.15) is 0 Å². The van der Waals surface area contributed by atoms with Gasteiger partial charge in [0.25, 0.3) is 0 Å². The quantitative estimate of drug-likeness (QED) is 0.763. The Morgan fingerprint density at radius 1 is 1.30 bits per heavy atom. The predicted molar refractivity (Wildman–Crippen MR) is 75.4 cm³/mol. The molecule has 5 nitrogen and oxygen atoms in total. The first-order chi connectivity index (χ1) is 9.68. The van der Waals surface area contributed by atoms with Crippen LogP contribution in [0.4, 0.5) is 0 Å². The third-order valence-corrected chi connectivity index (χ3v) is 4.65. The molecule has 0 radical (unpaired) electrons. The second-order valence-electron chi connectivity index (χ2n) is 6.11. The minimum atomic E-state index is -0.487. The minimum Gasteiger partial charge on any atom is -0.391 e. The molecule has 0 spiro atoms. The van der Waals surface area contributed by atoms with E-state index in [1.54, 1.807) is 7.11 Å². The highest BCUT2D eigenvalue weighted by Crippen LogP contribution is 2.32. The molecule has 20 heavy (non-hydrogen) atoms. The zero-order valence-electron chi connectivity index (χ0n) is 12.4. The van der Waals surface area contributed by atoms with E-state index < -0.39 is 11.5 Å². The molecule has 1 saturated carbocycles. The third-order valence-electron chi connectivity index (χ3n) is 4.65. The van der Waals surface area contributed by atoms with Crippen molar-refractivity contribution in [1.82, 2.24) is 5.32 Å². The fraction of sp³-hybridized carbons (Fsp3) is 0.933. The topological polar surface area (TPSA) is 67.8 Å². The van der Waals surface area contributed by atoms with E-state index in [1.807, 2.05) is 0 Å². The fourth-order valence-corrected chi connectivity index (χ4v) is 3.25. The van der Waals surface area contributed by atoms with Gasteiger partial charge >= 0.3 is 0 Å². The van der Waals surface area contributed by atoms with Crippen LogP contribution < -0.4 is 5.32 Å². The SMILES string of the molecule is COCC1(C(=O)N[C@@H]2CCCCC[C@H]2O)CCOCC1. The first-order valence-electron chi connectivity index (χ1n) is 7.74. The van der Waals surface area contributed by atoms with Gasteiger partial charge in [-0.05, 0) is 25.7 Å². The number of amides is 1. The summed E-state index contributed by atoms with van der Waals surface area (Å²) < 4.78 is 10.6. The molecular weight excluding hydrogens is 258 g/mol. The van der Waals surface area contributed by atoms with Gasteiger partial charge < -0.3 is 19.9 Å². The van der Waals surface area contributed by atoms with Gasteiger partial charge in [0.1, 0.15) is 0 Å². The highest BCUT2D eigenvalue weighted by atomic mass is 16.5. The standard InChI is InChI=1S/C15H27NO4/c1-19-11-15(7-9-20-10-8-15)14(18)16-12-5-3-2-4-6-13(12)17/h12-13,17H,2-11H2,1H3,(H,16,18)/t12-,13-/m1/s1. The number of carbonyl (C=O) groups is 1. The van der Waals surface area contributed by atoms with Crippen molar-refractivity contribution >= 4 is 5.91 Å². The van der Waals surface area contributed by atoms with Gasteiger partial charge in [-0.25, -0.2) is 0 Å². The maximum absolute atomic E-state index is 12.7. The summed E-state index contributed by atoms with van der Waals surface area (Å²) >= 11 is 0. The summed E-state index contributed by atoms with van der Waals surface area (Å²) in [6, 6.07) is -0.110. The van der Waals surface area contributed by atoms with Gasteiger partial charge in [-0.3, -0.25) is 4.79 Å². The number of hydrogen-bond acceptors (Lipinski definition) is 4. The van der Waals surface area contributed by atoms with E-state index in [0.717, 1.165) is 32.1 Å². The summed E-state index contributed by atoms with van der Waals surface area (Å²) in [6.07, 6.45) is 5.87. The van der Waals surface area contributed by atoms with Crippen molar-refractivity contribution < 1.29 is 19.4 Å². The molecule has 0 aromatic rings. The second kappa shape index (κ2) is 7.38. The van der Waals surface area contributed by atoms with Crippen molar-refractivity contribution in [2.24, 2.45) is 5.41 Å². The molecule has 2 atom stereocenters. The molecule has 2 rings (SSSR count). The smallest absolute Gasteiger partial charge is 0.229 e. The molecule has 0 aromatic heterocycles. The molecule has 2 fully saturated rings. The van der Waals surface area contributed by atoms with Crippen LogP contribution in [0.3, 0.4) is 0 Å². The Kier molecular flexibility index (Phi) is 5.81. The predicted octanol–water partition coefficient (Wildman–Crippen LogP) is 1.24. The number of hydrogen-bond donors (Lipinski definition) is 2. The first-order valence-corrected chi connectivity index (χ1v) is 7.74. The molecule has 0 bridgehead atoms. The summed E-state index contributed by atoms with van der Waals surface area (Å²) in [7, 11) is 1.63. The molecule has 2 aliphatic rings. The molecule has 0 unspecified atom stereocenters. The van der Waals surface area contributed by atoms with Gasteiger partial charge in [0.2, 0.25) is 5.91 Å². The number of nitrogens with one attached hydrogen (secondary N) is 1. The molecule has 116 valence electrons. The number of carbonyl (C=O) groups excluding carboxylic acids is 1. The van der Waals surface area contributed by atoms with Crippen LogP contribution in [-0.4, -0.2) is 50.1 Å². The van der Waals surface area contributed by atoms with Crippen LogP contribution in [0.25, 0.3) is 0 Å². The molecule has 1 saturated heterocycles. The van der Waals surface area contributed by atoms with Crippen molar-refractivity contribution in [3.8, 4) is 0 Å². The summed E-state index contributed by atoms with van der Waals surface area (Å²) in [6.45, 7) is 1.62. The van der Waals surface area contributed by atoms with E-state index in [9.17, 15) is 9.90 Å². The third kappa shape index (κ3) is 3.71. The number of methoxy groups -OCH3 is 1. The number of aliphatic hydroxyl groups is 1. The Bertz CT molecular complexity index is 309. The second-order valence-corrected chi connectivity index (χ2v) is 6.11. The maximum atomic E-state index is 12.7. The Hall–Kier alpha value is -0.650. The van der Waals surface area contributed by atoms with Crippen LogP contribution in [-0.2, 0) is 14.3 Å². The molecule has 5 heteroatoms. The Morgan fingerprint density at radius 2 is 2.00 bits per heavy atom. The van der Waals surface area contributed by atoms with Crippen LogP contribution in [0.15, 0.2) is 0 Å². The zero-order valence-corrected chi connectivity index (χ0v) is 12.4. The molecular formula is C15H27NO4. The van der Waals surface area contributed by atoms with Crippen LogP contribution >= 0.6 is 0 Å². The summed E-state index contributed by atoms with van der Waals surface area (Å²) in [4.78, 5) is 12.7. The van der Waals surface area contributed by atoms with Gasteiger partial charge in [-0.1, -0.05) is 19.3 Å². The van der Waals surface area contributed by atoms with Gasteiger partial charge in [0.15, 0.2) is 0 Å². The van der Waals surface area contributed by atoms with Gasteiger partial charge in [-0.15, -0.1) is 0 Å². The lowest BCUT2D eigenvalue weighted by molar-refractivity contribution is -0.143. The molecule has 1 heterocycles. The first kappa shape index (κ1) is 15.7. The Labute approximate surface area is 121 Å². The van der Waals surface area contributed by atoms with Gasteiger partial charge in [0, 0.05) is 20.3 Å². The number of rotatable bonds is 4. The van der Waals surface area contributed by atoms with E-state index in [-0.39, 0.29) is 11.9 Å². The van der Waals surface area contributed by atoms with Crippen molar-refractivity contribution in [2.75, 3.05) is 26.9 Å². The van der Waals surface area contributed by atoms with Crippen LogP contribution in [0, 0.1) is 5.41 Å². The van der Waals surface area contributed by atoms with Crippen molar-refractivity contribution in [3.63, 3.8) is 0 Å². The summed E-state index contributed by atoms with van der Waals surface area (Å²) in [5, 5.41) is 13.2. The number of ether oxygens (including phenoxy) is 2. The van der Waals surface area contributed by atoms with Crippen molar-refractivity contribution in [2.45, 2.75) is 57.1 Å². The van der Waals surface area contributed by atoms with E-state index in [2.05, 4.69) is 5.32 Å². The van der Waals surface area contributed by atoms with E-state index in [1.165, 1.54) is 0 Å². The van der Waals surface area contributed by atoms with E-state index >= 15 is 0 Å². The van der Waals surface area contributed by atoms with Crippen LogP contribution in [0.1, 0.15) is 44.9 Å². The Morgan fingerprint density at radius 3 is 2.70 bits per heavy atom. The van der Waals surface area contributed by atoms with Crippen LogP contribution in [0.2, 0.25) is 0 Å². The normalized spacial score (nSPS) is 30.5. The highest BCUT2D eigenvalue weighted by molar-refractivity contribution is 5.83. The van der Waals surface area contributed by atoms with Gasteiger partial charge in [0.05, 0.1) is 24.2 Å². The van der Waals surface area contributed by atoms with E-state index in [0.29, 0.717) is 32.7 Å². The zero-order chi connectivity index (χ0) is 14.4. The van der Waals surface area contributed by atoms with E-state index in [4.69, 9.17) is 9.47 Å². The molecule has 1 aliphatic carbocycles. The van der Waals surface area contributed by atoms with Crippen molar-refractivity contribution in [1.29, 1.82) is 0 Å². The Balaban J connectivity index is 1.99. The average Bonchev–Trinajstić information content (AvgIpc) is 2.65. The minimum absolute atomic E-state index is 0.0219. The van der Waals surface area contributed by atoms with Crippen LogP contribution in [0.5, 0.6) is 0 Å². The molecule has 1 amide bonds. The molecule has 1 aliphatic heterocycles.